The summed E-state index contributed by atoms with van der Waals surface area (Å²) in [5.74, 6) is -0.299. The molecule has 1 N–H and O–H groups in total. The summed E-state index contributed by atoms with van der Waals surface area (Å²) in [7, 11) is 0. The van der Waals surface area contributed by atoms with Crippen molar-refractivity contribution < 1.29 is 9.50 Å². The third-order valence-electron chi connectivity index (χ3n) is 2.62. The molecule has 0 aliphatic heterocycles. The number of hydrogen-bond donors (Lipinski definition) is 1. The molecule has 4 heteroatoms. The maximum absolute atomic E-state index is 13.1. The standard InChI is InChI=1S/C13H13ClFNO/c1-9(17)10-4-5-16(7-10)8-11-6-12(15)2-3-13(11)14/h2-7,9,17H,8H2,1H3. The highest BCUT2D eigenvalue weighted by Gasteiger charge is 2.06. The van der Waals surface area contributed by atoms with E-state index in [1.54, 1.807) is 13.0 Å². The molecule has 2 nitrogen and oxygen atoms in total. The summed E-state index contributed by atoms with van der Waals surface area (Å²) in [4.78, 5) is 0. The second-order valence-electron chi connectivity index (χ2n) is 4.03. The van der Waals surface area contributed by atoms with E-state index >= 15 is 0 Å². The molecular formula is C13H13ClFNO. The van der Waals surface area contributed by atoms with Crippen LogP contribution < -0.4 is 0 Å². The van der Waals surface area contributed by atoms with Crippen LogP contribution in [0.15, 0.2) is 36.7 Å². The molecule has 2 rings (SSSR count). The first kappa shape index (κ1) is 12.1. The predicted octanol–water partition coefficient (Wildman–Crippen LogP) is 3.38. The number of aliphatic hydroxyl groups is 1. The van der Waals surface area contributed by atoms with Crippen LogP contribution in [0.5, 0.6) is 0 Å². The minimum absolute atomic E-state index is 0.299. The molecule has 0 amide bonds. The average Bonchev–Trinajstić information content (AvgIpc) is 2.72. The normalized spacial score (nSPS) is 12.7. The molecule has 1 heterocycles. The summed E-state index contributed by atoms with van der Waals surface area (Å²) < 4.78 is 14.9. The van der Waals surface area contributed by atoms with E-state index in [0.717, 1.165) is 11.1 Å². The van der Waals surface area contributed by atoms with E-state index in [0.29, 0.717) is 11.6 Å². The van der Waals surface area contributed by atoms with Crippen LogP contribution in [0.25, 0.3) is 0 Å². The summed E-state index contributed by atoms with van der Waals surface area (Å²) in [6.45, 7) is 2.19. The fraction of sp³-hybridized carbons (Fsp3) is 0.231. The Balaban J connectivity index is 2.22. The zero-order valence-electron chi connectivity index (χ0n) is 9.40. The topological polar surface area (TPSA) is 25.2 Å². The van der Waals surface area contributed by atoms with Gasteiger partial charge in [0.05, 0.1) is 6.10 Å². The first-order valence-electron chi connectivity index (χ1n) is 5.34. The van der Waals surface area contributed by atoms with Crippen LogP contribution in [-0.2, 0) is 6.54 Å². The maximum Gasteiger partial charge on any atom is 0.123 e. The summed E-state index contributed by atoms with van der Waals surface area (Å²) >= 11 is 5.99. The van der Waals surface area contributed by atoms with E-state index in [2.05, 4.69) is 0 Å². The number of rotatable bonds is 3. The van der Waals surface area contributed by atoms with Crippen molar-refractivity contribution in [2.75, 3.05) is 0 Å². The molecule has 90 valence electrons. The van der Waals surface area contributed by atoms with Crippen molar-refractivity contribution in [3.05, 3.63) is 58.6 Å². The van der Waals surface area contributed by atoms with Gasteiger partial charge in [0, 0.05) is 24.0 Å². The third-order valence-corrected chi connectivity index (χ3v) is 2.99. The van der Waals surface area contributed by atoms with Crippen molar-refractivity contribution in [2.45, 2.75) is 19.6 Å². The zero-order chi connectivity index (χ0) is 12.4. The Morgan fingerprint density at radius 1 is 1.41 bits per heavy atom. The number of nitrogens with zero attached hydrogens (tertiary/aromatic N) is 1. The van der Waals surface area contributed by atoms with Crippen molar-refractivity contribution in [1.29, 1.82) is 0 Å². The lowest BCUT2D eigenvalue weighted by Crippen LogP contribution is -1.98. The number of aromatic nitrogens is 1. The van der Waals surface area contributed by atoms with Crippen molar-refractivity contribution in [3.63, 3.8) is 0 Å². The largest absolute Gasteiger partial charge is 0.389 e. The van der Waals surface area contributed by atoms with E-state index in [-0.39, 0.29) is 5.82 Å². The zero-order valence-corrected chi connectivity index (χ0v) is 10.2. The Hall–Kier alpha value is -1.32. The Bertz CT molecular complexity index is 522. The second kappa shape index (κ2) is 4.90. The minimum atomic E-state index is -0.501. The van der Waals surface area contributed by atoms with Crippen LogP contribution in [0.2, 0.25) is 5.02 Å². The average molecular weight is 254 g/mol. The molecule has 0 spiro atoms. The van der Waals surface area contributed by atoms with Gasteiger partial charge in [-0.2, -0.15) is 0 Å². The van der Waals surface area contributed by atoms with E-state index in [1.165, 1.54) is 12.1 Å². The molecule has 1 unspecified atom stereocenters. The molecule has 0 radical (unpaired) electrons. The van der Waals surface area contributed by atoms with Gasteiger partial charge >= 0.3 is 0 Å². The fourth-order valence-corrected chi connectivity index (χ4v) is 1.84. The maximum atomic E-state index is 13.1. The van der Waals surface area contributed by atoms with Crippen LogP contribution in [0, 0.1) is 5.82 Å². The van der Waals surface area contributed by atoms with Gasteiger partial charge in [0.2, 0.25) is 0 Å². The monoisotopic (exact) mass is 253 g/mol. The molecule has 0 aliphatic rings. The van der Waals surface area contributed by atoms with Gasteiger partial charge in [0.15, 0.2) is 0 Å². The highest BCUT2D eigenvalue weighted by Crippen LogP contribution is 2.19. The van der Waals surface area contributed by atoms with Gasteiger partial charge < -0.3 is 9.67 Å². The van der Waals surface area contributed by atoms with Crippen molar-refractivity contribution in [2.24, 2.45) is 0 Å². The van der Waals surface area contributed by atoms with Crippen LogP contribution >= 0.6 is 11.6 Å². The molecular weight excluding hydrogens is 241 g/mol. The highest BCUT2D eigenvalue weighted by molar-refractivity contribution is 6.31. The molecule has 1 aromatic heterocycles. The lowest BCUT2D eigenvalue weighted by molar-refractivity contribution is 0.199. The Morgan fingerprint density at radius 2 is 2.18 bits per heavy atom. The first-order chi connectivity index (χ1) is 8.06. The van der Waals surface area contributed by atoms with Crippen LogP contribution in [0.3, 0.4) is 0 Å². The fourth-order valence-electron chi connectivity index (χ4n) is 1.67. The molecule has 0 bridgehead atoms. The van der Waals surface area contributed by atoms with E-state index in [9.17, 15) is 9.50 Å². The van der Waals surface area contributed by atoms with Gasteiger partial charge in [0.25, 0.3) is 0 Å². The molecule has 0 saturated carbocycles. The molecule has 0 saturated heterocycles. The number of aliphatic hydroxyl groups excluding tert-OH is 1. The summed E-state index contributed by atoms with van der Waals surface area (Å²) in [5.41, 5.74) is 1.55. The SMILES string of the molecule is CC(O)c1ccn(Cc2cc(F)ccc2Cl)c1. The smallest absolute Gasteiger partial charge is 0.123 e. The molecule has 0 fully saturated rings. The number of hydrogen-bond acceptors (Lipinski definition) is 1. The first-order valence-corrected chi connectivity index (χ1v) is 5.72. The van der Waals surface area contributed by atoms with E-state index in [1.807, 2.05) is 23.0 Å². The summed E-state index contributed by atoms with van der Waals surface area (Å²) in [6.07, 6.45) is 3.16. The lowest BCUT2D eigenvalue weighted by Gasteiger charge is -2.06. The van der Waals surface area contributed by atoms with Gasteiger partial charge in [-0.15, -0.1) is 0 Å². The van der Waals surface area contributed by atoms with Crippen molar-refractivity contribution >= 4 is 11.6 Å². The van der Waals surface area contributed by atoms with Crippen molar-refractivity contribution in [1.82, 2.24) is 4.57 Å². The van der Waals surface area contributed by atoms with Crippen LogP contribution in [0.4, 0.5) is 4.39 Å². The Morgan fingerprint density at radius 3 is 2.82 bits per heavy atom. The molecule has 1 aromatic carbocycles. The lowest BCUT2D eigenvalue weighted by atomic mass is 10.2. The Labute approximate surface area is 104 Å². The second-order valence-corrected chi connectivity index (χ2v) is 4.44. The summed E-state index contributed by atoms with van der Waals surface area (Å²) in [5, 5.41) is 9.94. The summed E-state index contributed by atoms with van der Waals surface area (Å²) in [6, 6.07) is 6.14. The van der Waals surface area contributed by atoms with E-state index in [4.69, 9.17) is 11.6 Å². The minimum Gasteiger partial charge on any atom is -0.389 e. The quantitative estimate of drug-likeness (QED) is 0.891. The van der Waals surface area contributed by atoms with Gasteiger partial charge in [0.1, 0.15) is 5.82 Å². The van der Waals surface area contributed by atoms with Crippen LogP contribution in [0.1, 0.15) is 24.2 Å². The molecule has 2 aromatic rings. The van der Waals surface area contributed by atoms with Crippen LogP contribution in [-0.4, -0.2) is 9.67 Å². The number of benzene rings is 1. The predicted molar refractivity (Wildman–Crippen MR) is 65.6 cm³/mol. The Kier molecular flexibility index (Phi) is 3.50. The number of halogens is 2. The van der Waals surface area contributed by atoms with E-state index < -0.39 is 6.10 Å². The molecule has 17 heavy (non-hydrogen) atoms. The van der Waals surface area contributed by atoms with Gasteiger partial charge in [-0.25, -0.2) is 4.39 Å². The molecule has 0 aliphatic carbocycles. The van der Waals surface area contributed by atoms with Crippen molar-refractivity contribution in [3.8, 4) is 0 Å². The highest BCUT2D eigenvalue weighted by atomic mass is 35.5. The van der Waals surface area contributed by atoms with Gasteiger partial charge in [-0.1, -0.05) is 11.6 Å². The van der Waals surface area contributed by atoms with Gasteiger partial charge in [-0.3, -0.25) is 0 Å². The molecule has 1 atom stereocenters. The third kappa shape index (κ3) is 2.87. The van der Waals surface area contributed by atoms with Gasteiger partial charge in [-0.05, 0) is 42.3 Å².